The minimum Gasteiger partial charge on any atom is -0.386 e. The molecule has 1 atom stereocenters. The van der Waals surface area contributed by atoms with Gasteiger partial charge in [0.25, 0.3) is 0 Å². The lowest BCUT2D eigenvalue weighted by Crippen LogP contribution is -2.13. The number of pyridine rings is 1. The second-order valence-corrected chi connectivity index (χ2v) is 5.42. The molecule has 1 aromatic rings. The van der Waals surface area contributed by atoms with Gasteiger partial charge in [0.2, 0.25) is 0 Å². The summed E-state index contributed by atoms with van der Waals surface area (Å²) in [6.45, 7) is 0. The summed E-state index contributed by atoms with van der Waals surface area (Å²) in [6, 6.07) is 3.83. The minimum atomic E-state index is -0.409. The van der Waals surface area contributed by atoms with Gasteiger partial charge >= 0.3 is 0 Å². The molecule has 0 saturated heterocycles. The van der Waals surface area contributed by atoms with Crippen molar-refractivity contribution in [2.75, 3.05) is 0 Å². The Morgan fingerprint density at radius 2 is 1.94 bits per heavy atom. The molecule has 0 bridgehead atoms. The van der Waals surface area contributed by atoms with Crippen LogP contribution >= 0.6 is 15.9 Å². The Morgan fingerprint density at radius 3 is 2.56 bits per heavy atom. The van der Waals surface area contributed by atoms with E-state index in [0.29, 0.717) is 5.92 Å². The Balaban J connectivity index is 2.11. The third-order valence-corrected chi connectivity index (χ3v) is 4.08. The number of aliphatic hydroxyl groups excluding tert-OH is 1. The highest BCUT2D eigenvalue weighted by Gasteiger charge is 2.24. The van der Waals surface area contributed by atoms with E-state index in [1.165, 1.54) is 25.7 Å². The van der Waals surface area contributed by atoms with Crippen LogP contribution in [0.2, 0.25) is 0 Å². The standard InChI is InChI=1S/C13H18BrNO/c14-11-8-5-9-15-12(11)13(16)10-6-3-1-2-4-7-10/h5,8-10,13,16H,1-4,6-7H2. The fraction of sp³-hybridized carbons (Fsp3) is 0.615. The van der Waals surface area contributed by atoms with Crippen LogP contribution in [-0.4, -0.2) is 10.1 Å². The summed E-state index contributed by atoms with van der Waals surface area (Å²) in [5.74, 6) is 0.383. The average Bonchev–Trinajstić information content (AvgIpc) is 2.57. The van der Waals surface area contributed by atoms with Gasteiger partial charge in [0.1, 0.15) is 0 Å². The van der Waals surface area contributed by atoms with Gasteiger partial charge in [-0.2, -0.15) is 0 Å². The first-order valence-corrected chi connectivity index (χ1v) is 6.87. The molecule has 88 valence electrons. The number of halogens is 1. The van der Waals surface area contributed by atoms with E-state index < -0.39 is 6.10 Å². The first kappa shape index (κ1) is 12.1. The van der Waals surface area contributed by atoms with E-state index in [0.717, 1.165) is 23.0 Å². The van der Waals surface area contributed by atoms with E-state index in [4.69, 9.17) is 0 Å². The molecule has 0 aliphatic heterocycles. The predicted molar refractivity (Wildman–Crippen MR) is 68.1 cm³/mol. The lowest BCUT2D eigenvalue weighted by molar-refractivity contribution is 0.0941. The molecule has 1 aromatic heterocycles. The van der Waals surface area contributed by atoms with Gasteiger partial charge < -0.3 is 5.11 Å². The fourth-order valence-electron chi connectivity index (χ4n) is 2.47. The SMILES string of the molecule is OC(c1ncccc1Br)C1CCCCCC1. The maximum Gasteiger partial charge on any atom is 0.0999 e. The number of hydrogen-bond acceptors (Lipinski definition) is 2. The third-order valence-electron chi connectivity index (χ3n) is 3.41. The Labute approximate surface area is 105 Å². The summed E-state index contributed by atoms with van der Waals surface area (Å²) in [5, 5.41) is 10.4. The summed E-state index contributed by atoms with van der Waals surface area (Å²) >= 11 is 3.46. The smallest absolute Gasteiger partial charge is 0.0999 e. The van der Waals surface area contributed by atoms with Gasteiger partial charge in [0.15, 0.2) is 0 Å². The van der Waals surface area contributed by atoms with E-state index in [2.05, 4.69) is 20.9 Å². The van der Waals surface area contributed by atoms with Crippen molar-refractivity contribution in [1.29, 1.82) is 0 Å². The van der Waals surface area contributed by atoms with Crippen molar-refractivity contribution in [3.8, 4) is 0 Å². The van der Waals surface area contributed by atoms with E-state index in [9.17, 15) is 5.11 Å². The molecule has 1 aliphatic carbocycles. The molecular formula is C13H18BrNO. The Morgan fingerprint density at radius 1 is 1.25 bits per heavy atom. The molecule has 2 rings (SSSR count). The number of aromatic nitrogens is 1. The Hall–Kier alpha value is -0.410. The highest BCUT2D eigenvalue weighted by Crippen LogP contribution is 2.34. The van der Waals surface area contributed by atoms with E-state index in [-0.39, 0.29) is 0 Å². The van der Waals surface area contributed by atoms with Gasteiger partial charge in [-0.25, -0.2) is 0 Å². The molecule has 0 spiro atoms. The van der Waals surface area contributed by atoms with Crippen LogP contribution in [0.1, 0.15) is 50.3 Å². The van der Waals surface area contributed by atoms with Crippen LogP contribution in [0.3, 0.4) is 0 Å². The minimum absolute atomic E-state index is 0.383. The van der Waals surface area contributed by atoms with Crippen LogP contribution in [-0.2, 0) is 0 Å². The zero-order valence-corrected chi connectivity index (χ0v) is 11.0. The van der Waals surface area contributed by atoms with Crippen molar-refractivity contribution in [2.24, 2.45) is 5.92 Å². The summed E-state index contributed by atoms with van der Waals surface area (Å²) < 4.78 is 0.923. The fourth-order valence-corrected chi connectivity index (χ4v) is 2.96. The molecule has 1 fully saturated rings. The van der Waals surface area contributed by atoms with Crippen molar-refractivity contribution in [1.82, 2.24) is 4.98 Å². The molecule has 1 heterocycles. The summed E-state index contributed by atoms with van der Waals surface area (Å²) in [6.07, 6.45) is 8.71. The van der Waals surface area contributed by atoms with Gasteiger partial charge in [0, 0.05) is 10.7 Å². The van der Waals surface area contributed by atoms with Crippen molar-refractivity contribution < 1.29 is 5.11 Å². The van der Waals surface area contributed by atoms with E-state index >= 15 is 0 Å². The second-order valence-electron chi connectivity index (χ2n) is 4.57. The Kier molecular flexibility index (Phi) is 4.36. The van der Waals surface area contributed by atoms with Crippen LogP contribution < -0.4 is 0 Å². The van der Waals surface area contributed by atoms with Crippen molar-refractivity contribution in [3.05, 3.63) is 28.5 Å². The van der Waals surface area contributed by atoms with E-state index in [1.54, 1.807) is 6.20 Å². The monoisotopic (exact) mass is 283 g/mol. The Bertz CT molecular complexity index is 334. The molecule has 0 aromatic carbocycles. The van der Waals surface area contributed by atoms with Crippen LogP contribution in [0.15, 0.2) is 22.8 Å². The second kappa shape index (κ2) is 5.78. The van der Waals surface area contributed by atoms with Gasteiger partial charge in [0.05, 0.1) is 11.8 Å². The number of rotatable bonds is 2. The number of nitrogens with zero attached hydrogens (tertiary/aromatic N) is 1. The molecule has 3 heteroatoms. The predicted octanol–water partition coefficient (Wildman–Crippen LogP) is 3.85. The molecule has 1 aliphatic rings. The topological polar surface area (TPSA) is 33.1 Å². The molecule has 0 radical (unpaired) electrons. The largest absolute Gasteiger partial charge is 0.386 e. The molecular weight excluding hydrogens is 266 g/mol. The zero-order valence-electron chi connectivity index (χ0n) is 9.40. The zero-order chi connectivity index (χ0) is 11.4. The van der Waals surface area contributed by atoms with Crippen molar-refractivity contribution in [2.45, 2.75) is 44.6 Å². The number of aliphatic hydroxyl groups is 1. The molecule has 16 heavy (non-hydrogen) atoms. The maximum absolute atomic E-state index is 10.4. The molecule has 1 unspecified atom stereocenters. The third kappa shape index (κ3) is 2.83. The molecule has 1 N–H and O–H groups in total. The summed E-state index contributed by atoms with van der Waals surface area (Å²) in [7, 11) is 0. The summed E-state index contributed by atoms with van der Waals surface area (Å²) in [5.41, 5.74) is 0.800. The van der Waals surface area contributed by atoms with Crippen LogP contribution in [0, 0.1) is 5.92 Å². The molecule has 2 nitrogen and oxygen atoms in total. The summed E-state index contributed by atoms with van der Waals surface area (Å²) in [4.78, 5) is 4.29. The van der Waals surface area contributed by atoms with Crippen LogP contribution in [0.5, 0.6) is 0 Å². The van der Waals surface area contributed by atoms with Gasteiger partial charge in [-0.1, -0.05) is 25.7 Å². The lowest BCUT2D eigenvalue weighted by Gasteiger charge is -2.21. The first-order valence-electron chi connectivity index (χ1n) is 6.07. The molecule has 0 amide bonds. The normalized spacial score (nSPS) is 20.4. The lowest BCUT2D eigenvalue weighted by atomic mass is 9.92. The quantitative estimate of drug-likeness (QED) is 0.837. The maximum atomic E-state index is 10.4. The van der Waals surface area contributed by atoms with Crippen LogP contribution in [0.4, 0.5) is 0 Å². The van der Waals surface area contributed by atoms with Crippen molar-refractivity contribution in [3.63, 3.8) is 0 Å². The average molecular weight is 284 g/mol. The van der Waals surface area contributed by atoms with Gasteiger partial charge in [-0.05, 0) is 46.8 Å². The van der Waals surface area contributed by atoms with Crippen LogP contribution in [0.25, 0.3) is 0 Å². The van der Waals surface area contributed by atoms with Crippen molar-refractivity contribution >= 4 is 15.9 Å². The highest BCUT2D eigenvalue weighted by molar-refractivity contribution is 9.10. The van der Waals surface area contributed by atoms with Gasteiger partial charge in [-0.3, -0.25) is 4.98 Å². The highest BCUT2D eigenvalue weighted by atomic mass is 79.9. The van der Waals surface area contributed by atoms with Gasteiger partial charge in [-0.15, -0.1) is 0 Å². The number of hydrogen-bond donors (Lipinski definition) is 1. The first-order chi connectivity index (χ1) is 7.79. The molecule has 1 saturated carbocycles. The van der Waals surface area contributed by atoms with E-state index in [1.807, 2.05) is 12.1 Å².